The minimum Gasteiger partial charge on any atom is -0.367 e. The maximum atomic E-state index is 12.5. The van der Waals surface area contributed by atoms with Gasteiger partial charge in [0.2, 0.25) is 5.91 Å². The molecular formula is C17H20N2O2S. The summed E-state index contributed by atoms with van der Waals surface area (Å²) in [6.07, 6.45) is 0.365. The Kier molecular flexibility index (Phi) is 4.55. The number of morpholine rings is 1. The molecule has 1 aromatic heterocycles. The third kappa shape index (κ3) is 3.54. The Balaban J connectivity index is 1.69. The molecular weight excluding hydrogens is 296 g/mol. The molecule has 116 valence electrons. The predicted molar refractivity (Wildman–Crippen MR) is 86.9 cm³/mol. The lowest BCUT2D eigenvalue weighted by Crippen LogP contribution is -2.46. The zero-order chi connectivity index (χ0) is 15.5. The Bertz CT molecular complexity index is 641. The molecule has 0 unspecified atom stereocenters. The molecule has 4 nitrogen and oxygen atoms in total. The van der Waals surface area contributed by atoms with E-state index >= 15 is 0 Å². The third-order valence-corrected chi connectivity index (χ3v) is 4.61. The van der Waals surface area contributed by atoms with Gasteiger partial charge in [0.1, 0.15) is 6.10 Å². The van der Waals surface area contributed by atoms with Gasteiger partial charge in [0.15, 0.2) is 0 Å². The van der Waals surface area contributed by atoms with Gasteiger partial charge in [-0.3, -0.25) is 4.79 Å². The van der Waals surface area contributed by atoms with Gasteiger partial charge >= 0.3 is 0 Å². The number of benzene rings is 1. The van der Waals surface area contributed by atoms with Crippen molar-refractivity contribution in [2.45, 2.75) is 32.5 Å². The second kappa shape index (κ2) is 6.58. The van der Waals surface area contributed by atoms with Gasteiger partial charge < -0.3 is 9.64 Å². The molecule has 5 heteroatoms. The molecule has 0 aliphatic carbocycles. The molecule has 2 heterocycles. The predicted octanol–water partition coefficient (Wildman–Crippen LogP) is 2.98. The van der Waals surface area contributed by atoms with E-state index in [0.29, 0.717) is 19.5 Å². The average molecular weight is 316 g/mol. The first-order chi connectivity index (χ1) is 10.6. The van der Waals surface area contributed by atoms with E-state index in [1.807, 2.05) is 42.3 Å². The van der Waals surface area contributed by atoms with Crippen LogP contribution in [-0.2, 0) is 16.0 Å². The van der Waals surface area contributed by atoms with Crippen molar-refractivity contribution in [3.05, 3.63) is 52.0 Å². The largest absolute Gasteiger partial charge is 0.367 e. The Hall–Kier alpha value is -1.72. The van der Waals surface area contributed by atoms with E-state index in [9.17, 15) is 4.79 Å². The van der Waals surface area contributed by atoms with E-state index in [1.165, 1.54) is 0 Å². The van der Waals surface area contributed by atoms with Gasteiger partial charge in [-0.1, -0.05) is 30.3 Å². The lowest BCUT2D eigenvalue weighted by molar-refractivity contribution is -0.144. The topological polar surface area (TPSA) is 42.4 Å². The van der Waals surface area contributed by atoms with Crippen LogP contribution in [0.5, 0.6) is 0 Å². The van der Waals surface area contributed by atoms with E-state index in [4.69, 9.17) is 4.74 Å². The Morgan fingerprint density at radius 2 is 2.14 bits per heavy atom. The summed E-state index contributed by atoms with van der Waals surface area (Å²) in [7, 11) is 0. The highest BCUT2D eigenvalue weighted by Gasteiger charge is 2.29. The number of aryl methyl sites for hydroxylation is 1. The summed E-state index contributed by atoms with van der Waals surface area (Å²) in [5.41, 5.74) is 1.99. The van der Waals surface area contributed by atoms with Crippen molar-refractivity contribution in [2.24, 2.45) is 0 Å². The summed E-state index contributed by atoms with van der Waals surface area (Å²) in [5.74, 6) is 0.126. The molecule has 1 aromatic carbocycles. The molecule has 22 heavy (non-hydrogen) atoms. The molecule has 0 spiro atoms. The zero-order valence-corrected chi connectivity index (χ0v) is 13.7. The molecule has 1 saturated heterocycles. The number of hydrogen-bond donors (Lipinski definition) is 0. The van der Waals surface area contributed by atoms with Crippen molar-refractivity contribution in [1.82, 2.24) is 9.88 Å². The van der Waals surface area contributed by atoms with Crippen molar-refractivity contribution < 1.29 is 9.53 Å². The number of ether oxygens (including phenoxy) is 1. The van der Waals surface area contributed by atoms with Crippen LogP contribution in [0.25, 0.3) is 0 Å². The molecule has 0 radical (unpaired) electrons. The van der Waals surface area contributed by atoms with E-state index in [0.717, 1.165) is 16.3 Å². The summed E-state index contributed by atoms with van der Waals surface area (Å²) >= 11 is 1.58. The molecule has 0 saturated carbocycles. The maximum absolute atomic E-state index is 12.5. The molecule has 0 N–H and O–H groups in total. The minimum atomic E-state index is -0.0499. The lowest BCUT2D eigenvalue weighted by Gasteiger charge is -2.37. The first kappa shape index (κ1) is 15.2. The first-order valence-electron chi connectivity index (χ1n) is 7.51. The second-order valence-electron chi connectivity index (χ2n) is 5.68. The highest BCUT2D eigenvalue weighted by molar-refractivity contribution is 7.09. The van der Waals surface area contributed by atoms with Crippen LogP contribution in [0, 0.1) is 6.92 Å². The molecule has 1 aliphatic rings. The van der Waals surface area contributed by atoms with Crippen LogP contribution in [0.15, 0.2) is 35.7 Å². The number of amides is 1. The van der Waals surface area contributed by atoms with Crippen molar-refractivity contribution in [1.29, 1.82) is 0 Å². The van der Waals surface area contributed by atoms with E-state index < -0.39 is 0 Å². The summed E-state index contributed by atoms with van der Waals surface area (Å²) in [4.78, 5) is 18.8. The number of aromatic nitrogens is 1. The summed E-state index contributed by atoms with van der Waals surface area (Å²) in [5, 5.41) is 2.96. The van der Waals surface area contributed by atoms with Crippen LogP contribution >= 0.6 is 11.3 Å². The molecule has 3 rings (SSSR count). The Morgan fingerprint density at radius 1 is 1.36 bits per heavy atom. The summed E-state index contributed by atoms with van der Waals surface area (Å²) < 4.78 is 6.00. The van der Waals surface area contributed by atoms with Gasteiger partial charge in [0.25, 0.3) is 0 Å². The van der Waals surface area contributed by atoms with Gasteiger partial charge in [-0.25, -0.2) is 4.98 Å². The molecule has 1 amide bonds. The van der Waals surface area contributed by atoms with Gasteiger partial charge in [-0.2, -0.15) is 0 Å². The number of hydrogen-bond acceptors (Lipinski definition) is 4. The van der Waals surface area contributed by atoms with Crippen LogP contribution in [0.1, 0.15) is 29.3 Å². The first-order valence-corrected chi connectivity index (χ1v) is 8.39. The molecule has 1 fully saturated rings. The van der Waals surface area contributed by atoms with Crippen molar-refractivity contribution >= 4 is 17.2 Å². The standard InChI is InChI=1S/C17H20N2O2S/c1-12-9-19(17(20)8-15-11-22-13(2)18-15)10-16(21-12)14-6-4-3-5-7-14/h3-7,11-12,16H,8-10H2,1-2H3/t12-,16+/m0/s1. The van der Waals surface area contributed by atoms with Crippen molar-refractivity contribution in [3.8, 4) is 0 Å². The smallest absolute Gasteiger partial charge is 0.228 e. The normalized spacial score (nSPS) is 21.8. The van der Waals surface area contributed by atoms with Crippen molar-refractivity contribution in [2.75, 3.05) is 13.1 Å². The third-order valence-electron chi connectivity index (χ3n) is 3.78. The van der Waals surface area contributed by atoms with Gasteiger partial charge in [0, 0.05) is 11.9 Å². The fourth-order valence-electron chi connectivity index (χ4n) is 2.76. The Labute approximate surface area is 134 Å². The number of rotatable bonds is 3. The monoisotopic (exact) mass is 316 g/mol. The molecule has 1 aliphatic heterocycles. The molecule has 2 atom stereocenters. The van der Waals surface area contributed by atoms with Crippen LogP contribution in [-0.4, -0.2) is 35.0 Å². The second-order valence-corrected chi connectivity index (χ2v) is 6.74. The van der Waals surface area contributed by atoms with Crippen LogP contribution in [0.2, 0.25) is 0 Å². The minimum absolute atomic E-state index is 0.0417. The Morgan fingerprint density at radius 3 is 2.82 bits per heavy atom. The highest BCUT2D eigenvalue weighted by Crippen LogP contribution is 2.25. The van der Waals surface area contributed by atoms with Crippen LogP contribution in [0.4, 0.5) is 0 Å². The lowest BCUT2D eigenvalue weighted by atomic mass is 10.1. The maximum Gasteiger partial charge on any atom is 0.228 e. The molecule has 0 bridgehead atoms. The zero-order valence-electron chi connectivity index (χ0n) is 12.9. The van der Waals surface area contributed by atoms with Gasteiger partial charge in [-0.05, 0) is 19.4 Å². The fourth-order valence-corrected chi connectivity index (χ4v) is 3.38. The number of carbonyl (C=O) groups excluding carboxylic acids is 1. The fraction of sp³-hybridized carbons (Fsp3) is 0.412. The van der Waals surface area contributed by atoms with Gasteiger partial charge in [-0.15, -0.1) is 11.3 Å². The average Bonchev–Trinajstić information content (AvgIpc) is 2.92. The van der Waals surface area contributed by atoms with Gasteiger partial charge in [0.05, 0.1) is 29.8 Å². The SMILES string of the molecule is Cc1nc(CC(=O)N2C[C@H](C)O[C@@H](c3ccccc3)C2)cs1. The quantitative estimate of drug-likeness (QED) is 0.874. The highest BCUT2D eigenvalue weighted by atomic mass is 32.1. The summed E-state index contributed by atoms with van der Waals surface area (Å²) in [6, 6.07) is 10.1. The van der Waals surface area contributed by atoms with Crippen molar-refractivity contribution in [3.63, 3.8) is 0 Å². The van der Waals surface area contributed by atoms with E-state index in [1.54, 1.807) is 11.3 Å². The number of thiazole rings is 1. The van der Waals surface area contributed by atoms with E-state index in [2.05, 4.69) is 17.1 Å². The summed E-state index contributed by atoms with van der Waals surface area (Å²) in [6.45, 7) is 5.23. The van der Waals surface area contributed by atoms with Crippen LogP contribution in [0.3, 0.4) is 0 Å². The number of carbonyl (C=O) groups is 1. The molecule has 2 aromatic rings. The van der Waals surface area contributed by atoms with E-state index in [-0.39, 0.29) is 18.1 Å². The van der Waals surface area contributed by atoms with Crippen LogP contribution < -0.4 is 0 Å². The number of nitrogens with zero attached hydrogens (tertiary/aromatic N) is 2.